The van der Waals surface area contributed by atoms with Crippen molar-refractivity contribution in [3.63, 3.8) is 0 Å². The first-order valence-corrected chi connectivity index (χ1v) is 13.0. The molecule has 6 atom stereocenters. The van der Waals surface area contributed by atoms with Crippen molar-refractivity contribution in [2.75, 3.05) is 17.7 Å². The third-order valence-electron chi connectivity index (χ3n) is 6.84. The summed E-state index contributed by atoms with van der Waals surface area (Å²) in [5, 5.41) is 43.4. The Balaban J connectivity index is 1.46. The highest BCUT2D eigenvalue weighted by Crippen LogP contribution is 2.44. The Morgan fingerprint density at radius 3 is 2.53 bits per heavy atom. The molecule has 182 valence electrons. The van der Waals surface area contributed by atoms with Gasteiger partial charge in [0.05, 0.1) is 12.1 Å². The van der Waals surface area contributed by atoms with E-state index < -0.39 is 24.2 Å². The van der Waals surface area contributed by atoms with Crippen LogP contribution in [0.3, 0.4) is 0 Å². The molecule has 2 heterocycles. The van der Waals surface area contributed by atoms with Crippen LogP contribution >= 0.6 is 11.8 Å². The fourth-order valence-electron chi connectivity index (χ4n) is 5.04. The molecule has 6 unspecified atom stereocenters. The zero-order valence-electron chi connectivity index (χ0n) is 19.7. The molecule has 10 heteroatoms. The zero-order chi connectivity index (χ0) is 24.0. The van der Waals surface area contributed by atoms with Gasteiger partial charge in [-0.2, -0.15) is 0 Å². The van der Waals surface area contributed by atoms with Crippen LogP contribution in [-0.2, 0) is 0 Å². The van der Waals surface area contributed by atoms with E-state index in [1.807, 2.05) is 0 Å². The van der Waals surface area contributed by atoms with Gasteiger partial charge in [-0.15, -0.1) is 5.10 Å². The first kappa shape index (κ1) is 23.5. The van der Waals surface area contributed by atoms with Crippen LogP contribution in [0.15, 0.2) is 23.4 Å². The third kappa shape index (κ3) is 4.39. The maximum atomic E-state index is 10.6. The van der Waals surface area contributed by atoms with Gasteiger partial charge in [0.2, 0.25) is 0 Å². The number of thioether (sulfide) groups is 1. The molecular formula is C24H32N6O3S. The Kier molecular flexibility index (Phi) is 6.49. The van der Waals surface area contributed by atoms with Crippen LogP contribution < -0.4 is 5.32 Å². The zero-order valence-corrected chi connectivity index (χ0v) is 20.5. The van der Waals surface area contributed by atoms with E-state index in [0.29, 0.717) is 34.5 Å². The van der Waals surface area contributed by atoms with Gasteiger partial charge in [0.1, 0.15) is 6.10 Å². The lowest BCUT2D eigenvalue weighted by molar-refractivity contribution is -0.00512. The highest BCUT2D eigenvalue weighted by molar-refractivity contribution is 7.99. The summed E-state index contributed by atoms with van der Waals surface area (Å²) in [4.78, 5) is 9.47. The van der Waals surface area contributed by atoms with Crippen molar-refractivity contribution in [3.8, 4) is 0 Å². The van der Waals surface area contributed by atoms with Gasteiger partial charge < -0.3 is 20.6 Å². The lowest BCUT2D eigenvalue weighted by atomic mass is 10.0. The van der Waals surface area contributed by atoms with E-state index in [1.165, 1.54) is 16.7 Å². The van der Waals surface area contributed by atoms with Gasteiger partial charge in [-0.05, 0) is 38.7 Å². The van der Waals surface area contributed by atoms with Gasteiger partial charge in [0.15, 0.2) is 22.1 Å². The molecular weight excluding hydrogens is 452 g/mol. The van der Waals surface area contributed by atoms with E-state index in [2.05, 4.69) is 54.6 Å². The van der Waals surface area contributed by atoms with Crippen molar-refractivity contribution in [3.05, 3.63) is 34.9 Å². The maximum absolute atomic E-state index is 10.6. The molecule has 0 spiro atoms. The third-order valence-corrected chi connectivity index (χ3v) is 7.90. The predicted octanol–water partition coefficient (Wildman–Crippen LogP) is 2.58. The standard InChI is InChI=1S/C24H32N6O3S/c1-4-5-34-24-26-22(25-17-10-16(17)14-7-12(2)6-13(3)8-14)19-23(27-24)30(29-28-19)18-9-15(11-31)20(32)21(18)33/h6-8,15-18,20-21,31-33H,4-5,9-11H2,1-3H3,(H,25,26,27). The van der Waals surface area contributed by atoms with Gasteiger partial charge in [-0.1, -0.05) is 53.2 Å². The molecule has 0 radical (unpaired) electrons. The number of hydrogen-bond acceptors (Lipinski definition) is 9. The SMILES string of the molecule is CCCSc1nc(NC2CC2c2cc(C)cc(C)c2)c2nnn(C3CC(CO)C(O)C3O)c2n1. The van der Waals surface area contributed by atoms with Crippen LogP contribution in [-0.4, -0.2) is 70.9 Å². The average molecular weight is 485 g/mol. The monoisotopic (exact) mass is 484 g/mol. The van der Waals surface area contributed by atoms with E-state index in [-0.39, 0.29) is 12.6 Å². The van der Waals surface area contributed by atoms with Gasteiger partial charge in [0.25, 0.3) is 0 Å². The summed E-state index contributed by atoms with van der Waals surface area (Å²) in [5.41, 5.74) is 4.97. The van der Waals surface area contributed by atoms with Crippen molar-refractivity contribution >= 4 is 28.7 Å². The number of aliphatic hydroxyl groups is 3. The minimum absolute atomic E-state index is 0.192. The van der Waals surface area contributed by atoms with Crippen LogP contribution in [0.4, 0.5) is 5.82 Å². The molecule has 2 aromatic heterocycles. The van der Waals surface area contributed by atoms with Gasteiger partial charge in [0, 0.05) is 30.2 Å². The smallest absolute Gasteiger partial charge is 0.191 e. The Morgan fingerprint density at radius 1 is 1.09 bits per heavy atom. The molecule has 2 fully saturated rings. The maximum Gasteiger partial charge on any atom is 0.191 e. The van der Waals surface area contributed by atoms with Crippen LogP contribution in [0, 0.1) is 19.8 Å². The minimum Gasteiger partial charge on any atom is -0.396 e. The van der Waals surface area contributed by atoms with Crippen LogP contribution in [0.2, 0.25) is 0 Å². The predicted molar refractivity (Wildman–Crippen MR) is 131 cm³/mol. The molecule has 9 nitrogen and oxygen atoms in total. The molecule has 5 rings (SSSR count). The topological polar surface area (TPSA) is 129 Å². The summed E-state index contributed by atoms with van der Waals surface area (Å²) in [6.45, 7) is 6.17. The Bertz CT molecular complexity index is 1170. The van der Waals surface area contributed by atoms with Crippen molar-refractivity contribution in [1.29, 1.82) is 0 Å². The van der Waals surface area contributed by atoms with Crippen molar-refractivity contribution in [1.82, 2.24) is 25.0 Å². The summed E-state index contributed by atoms with van der Waals surface area (Å²) < 4.78 is 1.59. The highest BCUT2D eigenvalue weighted by Gasteiger charge is 2.44. The number of aryl methyl sites for hydroxylation is 2. The summed E-state index contributed by atoms with van der Waals surface area (Å²) in [7, 11) is 0. The van der Waals surface area contributed by atoms with Crippen molar-refractivity contribution < 1.29 is 15.3 Å². The Morgan fingerprint density at radius 2 is 1.85 bits per heavy atom. The second-order valence-corrected chi connectivity index (χ2v) is 10.7. The largest absolute Gasteiger partial charge is 0.396 e. The number of aliphatic hydroxyl groups excluding tert-OH is 3. The summed E-state index contributed by atoms with van der Waals surface area (Å²) in [6.07, 6.45) is 0.366. The van der Waals surface area contributed by atoms with E-state index in [9.17, 15) is 15.3 Å². The number of aromatic nitrogens is 5. The molecule has 2 aliphatic carbocycles. The van der Waals surface area contributed by atoms with Gasteiger partial charge >= 0.3 is 0 Å². The van der Waals surface area contributed by atoms with E-state index in [4.69, 9.17) is 9.97 Å². The second-order valence-electron chi connectivity index (χ2n) is 9.65. The molecule has 1 aromatic carbocycles. The average Bonchev–Trinajstić information content (AvgIpc) is 3.35. The quantitative estimate of drug-likeness (QED) is 0.282. The molecule has 2 aliphatic rings. The number of nitrogens with one attached hydrogen (secondary N) is 1. The fraction of sp³-hybridized carbons (Fsp3) is 0.583. The number of nitrogens with zero attached hydrogens (tertiary/aromatic N) is 5. The highest BCUT2D eigenvalue weighted by atomic mass is 32.2. The Labute approximate surface area is 203 Å². The lowest BCUT2D eigenvalue weighted by Crippen LogP contribution is -2.30. The van der Waals surface area contributed by atoms with E-state index >= 15 is 0 Å². The van der Waals surface area contributed by atoms with Crippen LogP contribution in [0.25, 0.3) is 11.2 Å². The molecule has 0 aliphatic heterocycles. The number of benzene rings is 1. The van der Waals surface area contributed by atoms with Crippen molar-refractivity contribution in [2.45, 2.75) is 75.4 Å². The normalized spacial score (nSPS) is 28.5. The molecule has 0 bridgehead atoms. The van der Waals surface area contributed by atoms with Crippen molar-refractivity contribution in [2.24, 2.45) is 5.92 Å². The molecule has 3 aromatic rings. The van der Waals surface area contributed by atoms with Crippen LogP contribution in [0.5, 0.6) is 0 Å². The number of hydrogen-bond donors (Lipinski definition) is 4. The molecule has 2 saturated carbocycles. The van der Waals surface area contributed by atoms with Gasteiger partial charge in [-0.3, -0.25) is 0 Å². The second kappa shape index (κ2) is 9.41. The first-order valence-electron chi connectivity index (χ1n) is 12.0. The summed E-state index contributed by atoms with van der Waals surface area (Å²) in [6, 6.07) is 6.43. The van der Waals surface area contributed by atoms with E-state index in [0.717, 1.165) is 18.6 Å². The summed E-state index contributed by atoms with van der Waals surface area (Å²) in [5.74, 6) is 1.55. The van der Waals surface area contributed by atoms with E-state index in [1.54, 1.807) is 16.4 Å². The molecule has 0 saturated heterocycles. The minimum atomic E-state index is -1.04. The molecule has 0 amide bonds. The molecule has 4 N–H and O–H groups in total. The summed E-state index contributed by atoms with van der Waals surface area (Å²) >= 11 is 1.58. The number of rotatable bonds is 8. The van der Waals surface area contributed by atoms with Gasteiger partial charge in [-0.25, -0.2) is 14.6 Å². The fourth-order valence-corrected chi connectivity index (χ4v) is 5.73. The first-order chi connectivity index (χ1) is 16.4. The Hall–Kier alpha value is -2.27. The lowest BCUT2D eigenvalue weighted by Gasteiger charge is -2.17. The molecule has 34 heavy (non-hydrogen) atoms. The van der Waals surface area contributed by atoms with Crippen LogP contribution in [0.1, 0.15) is 54.8 Å². The number of anilines is 1. The number of fused-ring (bicyclic) bond motifs is 1.